The first kappa shape index (κ1) is 48.7. The SMILES string of the molecule is c1cnn(-c2cc(-c3cn(CCCCCCCCn4cc(-c5ccc(-c6cn(CCCCCCCCn7cc(-c8cc(-n9cccn9)nc(-n9cccn9)c8)nn7)nn6)c6nsnc56)nn4)nn3)cc(-n3cccn3)n2)c1. The standard InChI is InChI=1S/C52H54N24S/c1(5-9-23-69-35-43(59-65-69)39-31-47(73-27-13-19-53-73)57-48(32-39)74-28-14-20-54-74)3-7-11-25-71-37-45(61-67-71)41-17-18-42(52-51(41)63-77-64-52)46-38-72(68-62-46)26-12-8-4-2-6-10-24-70-36-44(60-66-70)40-33-49(75-29-15-21-55-75)58-50(34-40)76-30-16-22-56-76/h13-22,27-38H,1-12,23-26H2. The first-order valence-corrected chi connectivity index (χ1v) is 26.8. The lowest BCUT2D eigenvalue weighted by atomic mass is 10.0. The van der Waals surface area contributed by atoms with Gasteiger partial charge in [0.05, 0.1) is 36.5 Å². The van der Waals surface area contributed by atoms with Crippen LogP contribution in [0.5, 0.6) is 0 Å². The lowest BCUT2D eigenvalue weighted by Crippen LogP contribution is -2.04. The lowest BCUT2D eigenvalue weighted by Gasteiger charge is -2.07. The lowest BCUT2D eigenvalue weighted by molar-refractivity contribution is 0.493. The number of pyridine rings is 2. The van der Waals surface area contributed by atoms with Crippen LogP contribution in [0.3, 0.4) is 0 Å². The Morgan fingerprint density at radius 2 is 0.649 bits per heavy atom. The van der Waals surface area contributed by atoms with Gasteiger partial charge in [-0.3, -0.25) is 18.7 Å². The summed E-state index contributed by atoms with van der Waals surface area (Å²) < 4.78 is 24.0. The van der Waals surface area contributed by atoms with E-state index in [0.29, 0.717) is 23.3 Å². The molecular formula is C52H54N24S. The molecule has 0 unspecified atom stereocenters. The van der Waals surface area contributed by atoms with Gasteiger partial charge in [-0.15, -0.1) is 20.4 Å². The molecular weight excluding hydrogens is 993 g/mol. The van der Waals surface area contributed by atoms with Gasteiger partial charge < -0.3 is 0 Å². The molecule has 11 heterocycles. The van der Waals surface area contributed by atoms with Crippen molar-refractivity contribution < 1.29 is 0 Å². The molecule has 12 rings (SSSR count). The van der Waals surface area contributed by atoms with Crippen molar-refractivity contribution in [2.24, 2.45) is 0 Å². The van der Waals surface area contributed by atoms with Gasteiger partial charge in [-0.2, -0.15) is 29.1 Å². The van der Waals surface area contributed by atoms with E-state index >= 15 is 0 Å². The Morgan fingerprint density at radius 3 is 0.961 bits per heavy atom. The van der Waals surface area contributed by atoms with Crippen molar-refractivity contribution in [2.75, 3.05) is 0 Å². The molecule has 25 heteroatoms. The number of nitrogens with zero attached hydrogens (tertiary/aromatic N) is 24. The van der Waals surface area contributed by atoms with E-state index in [1.165, 1.54) is 11.7 Å². The zero-order valence-corrected chi connectivity index (χ0v) is 43.0. The molecule has 0 N–H and O–H groups in total. The fourth-order valence-corrected chi connectivity index (χ4v) is 9.89. The molecule has 11 aromatic heterocycles. The highest BCUT2D eigenvalue weighted by Crippen LogP contribution is 2.33. The number of benzene rings is 1. The molecule has 24 nitrogen and oxygen atoms in total. The molecule has 0 saturated carbocycles. The summed E-state index contributed by atoms with van der Waals surface area (Å²) in [5, 5.41) is 53.2. The highest BCUT2D eigenvalue weighted by Gasteiger charge is 2.19. The smallest absolute Gasteiger partial charge is 0.156 e. The van der Waals surface area contributed by atoms with Crippen LogP contribution in [0.1, 0.15) is 77.0 Å². The van der Waals surface area contributed by atoms with Crippen molar-refractivity contribution in [3.63, 3.8) is 0 Å². The van der Waals surface area contributed by atoms with Gasteiger partial charge in [-0.05, 0) is 86.3 Å². The highest BCUT2D eigenvalue weighted by atomic mass is 32.1. The topological polar surface area (TPSA) is 246 Å². The maximum Gasteiger partial charge on any atom is 0.156 e. The van der Waals surface area contributed by atoms with E-state index in [4.69, 9.17) is 9.97 Å². The maximum absolute atomic E-state index is 4.75. The summed E-state index contributed by atoms with van der Waals surface area (Å²) in [6.45, 7) is 3.22. The Morgan fingerprint density at radius 1 is 0.351 bits per heavy atom. The maximum atomic E-state index is 4.75. The van der Waals surface area contributed by atoms with Crippen molar-refractivity contribution in [3.05, 3.63) is 135 Å². The Hall–Kier alpha value is -9.26. The van der Waals surface area contributed by atoms with E-state index in [0.717, 1.165) is 159 Å². The zero-order chi connectivity index (χ0) is 51.6. The van der Waals surface area contributed by atoms with Crippen LogP contribution >= 0.6 is 11.7 Å². The van der Waals surface area contributed by atoms with Gasteiger partial charge in [-0.25, -0.2) is 28.7 Å². The van der Waals surface area contributed by atoms with Crippen LogP contribution in [0.15, 0.2) is 135 Å². The third-order valence-corrected chi connectivity index (χ3v) is 13.8. The highest BCUT2D eigenvalue weighted by molar-refractivity contribution is 7.00. The quantitative estimate of drug-likeness (QED) is 0.0462. The second-order valence-electron chi connectivity index (χ2n) is 18.8. The summed E-state index contributed by atoms with van der Waals surface area (Å²) in [5.74, 6) is 2.72. The molecule has 0 spiro atoms. The van der Waals surface area contributed by atoms with Gasteiger partial charge in [0.1, 0.15) is 33.8 Å². The van der Waals surface area contributed by atoms with E-state index in [1.807, 2.05) is 129 Å². The Kier molecular flexibility index (Phi) is 14.6. The van der Waals surface area contributed by atoms with Crippen molar-refractivity contribution in [1.29, 1.82) is 0 Å². The Bertz CT molecular complexity index is 3400. The predicted molar refractivity (Wildman–Crippen MR) is 286 cm³/mol. The van der Waals surface area contributed by atoms with E-state index in [2.05, 4.69) is 70.4 Å². The minimum Gasteiger partial charge on any atom is -0.252 e. The zero-order valence-electron chi connectivity index (χ0n) is 42.2. The van der Waals surface area contributed by atoms with E-state index in [1.54, 1.807) is 43.5 Å². The summed E-state index contributed by atoms with van der Waals surface area (Å²) in [4.78, 5) is 9.49. The van der Waals surface area contributed by atoms with Gasteiger partial charge >= 0.3 is 0 Å². The first-order valence-electron chi connectivity index (χ1n) is 26.1. The number of fused-ring (bicyclic) bond motifs is 1. The van der Waals surface area contributed by atoms with Crippen molar-refractivity contribution in [2.45, 2.75) is 103 Å². The normalized spacial score (nSPS) is 11.7. The molecule has 0 saturated heterocycles. The molecule has 0 bridgehead atoms. The van der Waals surface area contributed by atoms with Gasteiger partial charge in [0.15, 0.2) is 23.3 Å². The van der Waals surface area contributed by atoms with Crippen LogP contribution in [0.2, 0.25) is 0 Å². The molecule has 0 amide bonds. The molecule has 0 fully saturated rings. The number of unbranched alkanes of at least 4 members (excludes halogenated alkanes) is 10. The number of hydrogen-bond acceptors (Lipinski definition) is 17. The molecule has 0 atom stereocenters. The van der Waals surface area contributed by atoms with Crippen LogP contribution in [-0.2, 0) is 26.2 Å². The molecule has 0 aliphatic heterocycles. The second-order valence-corrected chi connectivity index (χ2v) is 19.3. The Balaban J connectivity index is 0.550. The minimum absolute atomic E-state index is 0.681. The average molecular weight is 1050 g/mol. The second kappa shape index (κ2) is 23.1. The number of hydrogen-bond donors (Lipinski definition) is 0. The molecule has 12 aromatic rings. The molecule has 77 heavy (non-hydrogen) atoms. The largest absolute Gasteiger partial charge is 0.252 e. The monoisotopic (exact) mass is 1050 g/mol. The minimum atomic E-state index is 0.681. The van der Waals surface area contributed by atoms with Crippen molar-refractivity contribution in [3.8, 4) is 68.3 Å². The molecule has 1 aromatic carbocycles. The molecule has 0 aliphatic rings. The summed E-state index contributed by atoms with van der Waals surface area (Å²) >= 11 is 1.19. The molecule has 0 aliphatic carbocycles. The number of aryl methyl sites for hydroxylation is 4. The van der Waals surface area contributed by atoms with Crippen LogP contribution in [0.4, 0.5) is 0 Å². The third kappa shape index (κ3) is 11.5. The van der Waals surface area contributed by atoms with Crippen LogP contribution < -0.4 is 0 Å². The Labute approximate surface area is 445 Å². The van der Waals surface area contributed by atoms with Crippen molar-refractivity contribution >= 4 is 22.8 Å². The van der Waals surface area contributed by atoms with Crippen LogP contribution in [0.25, 0.3) is 79.3 Å². The van der Waals surface area contributed by atoms with E-state index in [9.17, 15) is 0 Å². The van der Waals surface area contributed by atoms with Gasteiger partial charge in [0, 0.05) is 98.0 Å². The summed E-state index contributed by atoms with van der Waals surface area (Å²) in [6.07, 6.45) is 35.6. The summed E-state index contributed by atoms with van der Waals surface area (Å²) in [7, 11) is 0. The number of aromatic nitrogens is 24. The average Bonchev–Trinajstić information content (AvgIpc) is 4.34. The fourth-order valence-electron chi connectivity index (χ4n) is 9.32. The van der Waals surface area contributed by atoms with Gasteiger partial charge in [0.2, 0.25) is 0 Å². The van der Waals surface area contributed by atoms with Gasteiger partial charge in [-0.1, -0.05) is 72.2 Å². The van der Waals surface area contributed by atoms with Crippen LogP contribution in [-0.4, -0.2) is 118 Å². The summed E-state index contributed by atoms with van der Waals surface area (Å²) in [6, 6.07) is 19.4. The molecule has 0 radical (unpaired) electrons. The van der Waals surface area contributed by atoms with Gasteiger partial charge in [0.25, 0.3) is 0 Å². The first-order chi connectivity index (χ1) is 38.1. The van der Waals surface area contributed by atoms with E-state index < -0.39 is 0 Å². The molecule has 388 valence electrons. The predicted octanol–water partition coefficient (Wildman–Crippen LogP) is 8.34. The van der Waals surface area contributed by atoms with E-state index in [-0.39, 0.29) is 0 Å². The summed E-state index contributed by atoms with van der Waals surface area (Å²) in [5.41, 5.74) is 8.33. The third-order valence-electron chi connectivity index (χ3n) is 13.3. The van der Waals surface area contributed by atoms with Crippen LogP contribution in [0, 0.1) is 0 Å². The fraction of sp³-hybridized carbons (Fsp3) is 0.308. The number of rotatable bonds is 26. The van der Waals surface area contributed by atoms with Crippen molar-refractivity contribution in [1.82, 2.24) is 118 Å².